The van der Waals surface area contributed by atoms with Gasteiger partial charge in [0.15, 0.2) is 5.70 Å². The fourth-order valence-corrected chi connectivity index (χ4v) is 1.96. The Bertz CT molecular complexity index is 354. The minimum Gasteiger partial charge on any atom is -0.540 e. The van der Waals surface area contributed by atoms with Crippen molar-refractivity contribution in [2.45, 2.75) is 6.42 Å². The van der Waals surface area contributed by atoms with Crippen molar-refractivity contribution in [2.24, 2.45) is 16.8 Å². The lowest BCUT2D eigenvalue weighted by molar-refractivity contribution is -0.790. The van der Waals surface area contributed by atoms with Crippen LogP contribution in [0, 0.1) is 5.92 Å². The smallest absolute Gasteiger partial charge is 0.232 e. The summed E-state index contributed by atoms with van der Waals surface area (Å²) in [6.07, 6.45) is 2.10. The van der Waals surface area contributed by atoms with Crippen LogP contribution in [0.5, 0.6) is 0 Å². The van der Waals surface area contributed by atoms with E-state index in [2.05, 4.69) is 4.99 Å². The predicted molar refractivity (Wildman–Crippen MR) is 49.8 cm³/mol. The third-order valence-corrected chi connectivity index (χ3v) is 2.80. The van der Waals surface area contributed by atoms with E-state index in [9.17, 15) is 9.90 Å². The number of carbonyl (C=O) groups excluding carboxylic acids is 1. The van der Waals surface area contributed by atoms with Crippen LogP contribution in [0.1, 0.15) is 6.42 Å². The summed E-state index contributed by atoms with van der Waals surface area (Å²) in [5, 5.41) is 10.8. The van der Waals surface area contributed by atoms with Gasteiger partial charge in [-0.25, -0.2) is 4.99 Å². The highest BCUT2D eigenvalue weighted by Crippen LogP contribution is 2.26. The van der Waals surface area contributed by atoms with E-state index in [1.807, 2.05) is 0 Å². The maximum absolute atomic E-state index is 10.8. The molecule has 2 aliphatic rings. The highest BCUT2D eigenvalue weighted by atomic mass is 16.5. The largest absolute Gasteiger partial charge is 0.540 e. The van der Waals surface area contributed by atoms with Crippen LogP contribution in [-0.2, 0) is 9.53 Å². The van der Waals surface area contributed by atoms with Gasteiger partial charge in [-0.2, -0.15) is 10.4 Å². The van der Waals surface area contributed by atoms with Crippen LogP contribution in [0.3, 0.4) is 0 Å². The molecule has 2 unspecified atom stereocenters. The Morgan fingerprint density at radius 2 is 2.53 bits per heavy atom. The SMILES string of the molecule is C[N+]1(N)C(C(=O)[O-])=CN=C1C1CCOC1. The number of aliphatic carboxylic acids is 1. The molecule has 1 fully saturated rings. The molecule has 0 saturated carbocycles. The van der Waals surface area contributed by atoms with E-state index in [0.29, 0.717) is 19.0 Å². The molecule has 0 aliphatic carbocycles. The molecule has 6 heteroatoms. The topological polar surface area (TPSA) is 87.7 Å². The highest BCUT2D eigenvalue weighted by Gasteiger charge is 2.42. The number of carbonyl (C=O) groups is 1. The van der Waals surface area contributed by atoms with Crippen molar-refractivity contribution in [3.8, 4) is 0 Å². The molecule has 0 aromatic heterocycles. The lowest BCUT2D eigenvalue weighted by Crippen LogP contribution is -2.58. The van der Waals surface area contributed by atoms with E-state index in [1.54, 1.807) is 7.05 Å². The van der Waals surface area contributed by atoms with Gasteiger partial charge in [-0.3, -0.25) is 0 Å². The summed E-state index contributed by atoms with van der Waals surface area (Å²) in [5.41, 5.74) is -0.0168. The summed E-state index contributed by atoms with van der Waals surface area (Å²) in [5.74, 6) is 5.37. The van der Waals surface area contributed by atoms with Crippen LogP contribution in [-0.4, -0.2) is 36.7 Å². The molecule has 15 heavy (non-hydrogen) atoms. The van der Waals surface area contributed by atoms with E-state index in [-0.39, 0.29) is 16.2 Å². The van der Waals surface area contributed by atoms with Gasteiger partial charge in [-0.15, -0.1) is 0 Å². The van der Waals surface area contributed by atoms with Gasteiger partial charge in [0.2, 0.25) is 5.84 Å². The molecule has 2 aliphatic heterocycles. The number of rotatable bonds is 2. The second kappa shape index (κ2) is 3.41. The molecule has 0 amide bonds. The zero-order chi connectivity index (χ0) is 11.1. The average molecular weight is 211 g/mol. The Hall–Kier alpha value is -1.24. The van der Waals surface area contributed by atoms with E-state index in [4.69, 9.17) is 10.6 Å². The first-order valence-electron chi connectivity index (χ1n) is 4.76. The Morgan fingerprint density at radius 3 is 3.00 bits per heavy atom. The molecule has 1 saturated heterocycles. The summed E-state index contributed by atoms with van der Waals surface area (Å²) in [4.78, 5) is 14.9. The Labute approximate surface area is 87.2 Å². The van der Waals surface area contributed by atoms with Crippen molar-refractivity contribution in [2.75, 3.05) is 20.3 Å². The second-order valence-corrected chi connectivity index (χ2v) is 3.93. The average Bonchev–Trinajstić information content (AvgIpc) is 2.70. The predicted octanol–water partition coefficient (Wildman–Crippen LogP) is -1.65. The van der Waals surface area contributed by atoms with Crippen LogP contribution in [0.15, 0.2) is 16.9 Å². The van der Waals surface area contributed by atoms with E-state index < -0.39 is 5.97 Å². The third kappa shape index (κ3) is 1.56. The maximum Gasteiger partial charge on any atom is 0.232 e. The maximum atomic E-state index is 10.8. The summed E-state index contributed by atoms with van der Waals surface area (Å²) in [6.45, 7) is 1.22. The van der Waals surface area contributed by atoms with Crippen LogP contribution in [0.4, 0.5) is 0 Å². The van der Waals surface area contributed by atoms with Crippen LogP contribution >= 0.6 is 0 Å². The molecule has 6 nitrogen and oxygen atoms in total. The number of quaternary nitrogens is 1. The summed E-state index contributed by atoms with van der Waals surface area (Å²) < 4.78 is 4.90. The van der Waals surface area contributed by atoms with Gasteiger partial charge in [0.25, 0.3) is 0 Å². The van der Waals surface area contributed by atoms with Gasteiger partial charge in [-0.1, -0.05) is 0 Å². The molecule has 2 rings (SSSR count). The van der Waals surface area contributed by atoms with E-state index in [1.165, 1.54) is 6.20 Å². The highest BCUT2D eigenvalue weighted by molar-refractivity contribution is 5.91. The van der Waals surface area contributed by atoms with Gasteiger partial charge in [0.05, 0.1) is 25.8 Å². The third-order valence-electron chi connectivity index (χ3n) is 2.80. The van der Waals surface area contributed by atoms with Crippen molar-refractivity contribution >= 4 is 11.8 Å². The fourth-order valence-electron chi connectivity index (χ4n) is 1.96. The molecule has 0 radical (unpaired) electrons. The number of hydrogen-bond acceptors (Lipinski definition) is 5. The molecular formula is C9H13N3O3. The van der Waals surface area contributed by atoms with Crippen LogP contribution in [0.2, 0.25) is 0 Å². The molecule has 82 valence electrons. The number of likely N-dealkylation sites (N-methyl/N-ethyl adjacent to an activating group) is 1. The van der Waals surface area contributed by atoms with Gasteiger partial charge in [0, 0.05) is 6.61 Å². The normalized spacial score (nSPS) is 35.2. The van der Waals surface area contributed by atoms with Gasteiger partial charge >= 0.3 is 0 Å². The summed E-state index contributed by atoms with van der Waals surface area (Å²) in [6, 6.07) is 0. The zero-order valence-electron chi connectivity index (χ0n) is 8.47. The Morgan fingerprint density at radius 1 is 1.80 bits per heavy atom. The molecule has 0 aromatic rings. The Kier molecular flexibility index (Phi) is 2.34. The van der Waals surface area contributed by atoms with Crippen LogP contribution < -0.4 is 10.9 Å². The molecule has 2 heterocycles. The summed E-state index contributed by atoms with van der Waals surface area (Å²) in [7, 11) is 1.59. The second-order valence-electron chi connectivity index (χ2n) is 3.93. The minimum atomic E-state index is -1.28. The molecule has 0 aromatic carbocycles. The molecule has 2 atom stereocenters. The van der Waals surface area contributed by atoms with Crippen molar-refractivity contribution in [1.29, 1.82) is 0 Å². The number of aliphatic imine (C=N–C) groups is 1. The first-order chi connectivity index (χ1) is 7.03. The number of ether oxygens (including phenoxy) is 1. The quantitative estimate of drug-likeness (QED) is 0.437. The summed E-state index contributed by atoms with van der Waals surface area (Å²) >= 11 is 0. The standard InChI is InChI=1S/C9H13N3O3/c1-12(10)7(9(13)14)4-11-8(12)6-2-3-15-5-6/h4,6H,2-3,5,10H2,1H3. The lowest BCUT2D eigenvalue weighted by atomic mass is 10.1. The van der Waals surface area contributed by atoms with Gasteiger partial charge < -0.3 is 14.6 Å². The van der Waals surface area contributed by atoms with Crippen molar-refractivity contribution < 1.29 is 19.2 Å². The molecular weight excluding hydrogens is 198 g/mol. The Balaban J connectivity index is 2.22. The fraction of sp³-hybridized carbons (Fsp3) is 0.556. The zero-order valence-corrected chi connectivity index (χ0v) is 8.47. The van der Waals surface area contributed by atoms with Gasteiger partial charge in [0.1, 0.15) is 5.97 Å². The van der Waals surface area contributed by atoms with Crippen molar-refractivity contribution in [3.63, 3.8) is 0 Å². The minimum absolute atomic E-state index is 0.0168. The lowest BCUT2D eigenvalue weighted by Gasteiger charge is -2.28. The molecule has 2 N–H and O–H groups in total. The number of nitrogens with two attached hydrogens (primary N) is 1. The van der Waals surface area contributed by atoms with E-state index in [0.717, 1.165) is 6.42 Å². The molecule has 0 bridgehead atoms. The first-order valence-corrected chi connectivity index (χ1v) is 4.76. The monoisotopic (exact) mass is 211 g/mol. The number of amidine groups is 1. The van der Waals surface area contributed by atoms with E-state index >= 15 is 0 Å². The van der Waals surface area contributed by atoms with Crippen LogP contribution in [0.25, 0.3) is 0 Å². The number of carboxylic acids is 1. The number of nitrogens with zero attached hydrogens (tertiary/aromatic N) is 2. The van der Waals surface area contributed by atoms with Crippen molar-refractivity contribution in [3.05, 3.63) is 11.9 Å². The van der Waals surface area contributed by atoms with Crippen molar-refractivity contribution in [1.82, 2.24) is 0 Å². The molecule has 0 spiro atoms. The number of hydrogen-bond donors (Lipinski definition) is 1. The van der Waals surface area contributed by atoms with Gasteiger partial charge in [-0.05, 0) is 6.42 Å². The first kappa shape index (κ1) is 10.3. The number of carboxylic acid groups (broad SMARTS) is 1.